The molecular weight excluding hydrogens is 484 g/mol. The molecule has 0 saturated carbocycles. The SMILES string of the molecule is CC(C)N1CCN(C(=O)C(C)(C)CC(C)(C)C(=O)NC(C)(S)CC(C)(C)C(=O)NC(C)(C)C(C)C)CC1. The molecule has 0 aromatic rings. The minimum absolute atomic E-state index is 0.0655. The summed E-state index contributed by atoms with van der Waals surface area (Å²) in [5.74, 6) is 0.134. The Kier molecular flexibility index (Phi) is 10.8. The average molecular weight is 541 g/mol. The molecule has 0 aliphatic carbocycles. The number of hydrogen-bond donors (Lipinski definition) is 3. The molecule has 2 N–H and O–H groups in total. The maximum atomic E-state index is 13.5. The summed E-state index contributed by atoms with van der Waals surface area (Å²) in [7, 11) is 0. The quantitative estimate of drug-likeness (QED) is 0.262. The standard InChI is InChI=1S/C29H56N4O3S/c1-20(2)28(11,12)30-22(34)26(7,8)19-29(13,37)31-23(35)25(5,6)18-27(9,10)24(36)33-16-14-32(15-17-33)21(3)4/h20-21,37H,14-19H2,1-13H3,(H,30,34)(H,31,35). The number of amides is 3. The number of thiol groups is 1. The Morgan fingerprint density at radius 2 is 1.14 bits per heavy atom. The minimum atomic E-state index is -0.904. The van der Waals surface area contributed by atoms with Gasteiger partial charge >= 0.3 is 0 Å². The van der Waals surface area contributed by atoms with Crippen LogP contribution in [0.5, 0.6) is 0 Å². The first-order valence-electron chi connectivity index (χ1n) is 13.8. The van der Waals surface area contributed by atoms with Gasteiger partial charge in [-0.05, 0) is 53.4 Å². The zero-order chi connectivity index (χ0) is 29.2. The first-order chi connectivity index (χ1) is 16.4. The maximum absolute atomic E-state index is 13.5. The molecule has 0 aromatic heterocycles. The molecule has 0 bridgehead atoms. The molecule has 1 rings (SSSR count). The van der Waals surface area contributed by atoms with Gasteiger partial charge in [-0.3, -0.25) is 19.3 Å². The number of hydrogen-bond acceptors (Lipinski definition) is 5. The summed E-state index contributed by atoms with van der Waals surface area (Å²) in [6.45, 7) is 28.9. The lowest BCUT2D eigenvalue weighted by atomic mass is 9.73. The van der Waals surface area contributed by atoms with Crippen molar-refractivity contribution in [3.8, 4) is 0 Å². The van der Waals surface area contributed by atoms with E-state index in [9.17, 15) is 14.4 Å². The Hall–Kier alpha value is -1.28. The zero-order valence-electron chi connectivity index (χ0n) is 26.0. The van der Waals surface area contributed by atoms with Crippen LogP contribution < -0.4 is 10.6 Å². The second kappa shape index (κ2) is 11.8. The molecule has 8 heteroatoms. The normalized spacial score (nSPS) is 18.1. The summed E-state index contributed by atoms with van der Waals surface area (Å²) >= 11 is 4.77. The lowest BCUT2D eigenvalue weighted by molar-refractivity contribution is -0.146. The van der Waals surface area contributed by atoms with Crippen LogP contribution in [0, 0.1) is 22.2 Å². The maximum Gasteiger partial charge on any atom is 0.228 e. The van der Waals surface area contributed by atoms with Crippen molar-refractivity contribution < 1.29 is 14.4 Å². The minimum Gasteiger partial charge on any atom is -0.351 e. The first kappa shape index (κ1) is 33.7. The van der Waals surface area contributed by atoms with Gasteiger partial charge in [-0.1, -0.05) is 55.4 Å². The fourth-order valence-electron chi connectivity index (χ4n) is 5.14. The number of nitrogens with zero attached hydrogens (tertiary/aromatic N) is 2. The lowest BCUT2D eigenvalue weighted by Gasteiger charge is -2.42. The smallest absolute Gasteiger partial charge is 0.228 e. The molecule has 1 aliphatic heterocycles. The molecule has 7 nitrogen and oxygen atoms in total. The second-order valence-electron chi connectivity index (χ2n) is 14.5. The van der Waals surface area contributed by atoms with Crippen LogP contribution in [0.4, 0.5) is 0 Å². The van der Waals surface area contributed by atoms with Crippen LogP contribution in [0.1, 0.15) is 103 Å². The van der Waals surface area contributed by atoms with Gasteiger partial charge in [-0.25, -0.2) is 0 Å². The Labute approximate surface area is 232 Å². The van der Waals surface area contributed by atoms with E-state index < -0.39 is 21.1 Å². The fraction of sp³-hybridized carbons (Fsp3) is 0.897. The summed E-state index contributed by atoms with van der Waals surface area (Å²) in [4.78, 5) is 43.4. The van der Waals surface area contributed by atoms with Crippen LogP contribution in [0.3, 0.4) is 0 Å². The van der Waals surface area contributed by atoms with Gasteiger partial charge in [-0.15, -0.1) is 0 Å². The van der Waals surface area contributed by atoms with E-state index >= 15 is 0 Å². The van der Waals surface area contributed by atoms with Gasteiger partial charge in [0.25, 0.3) is 0 Å². The van der Waals surface area contributed by atoms with Crippen molar-refractivity contribution in [1.29, 1.82) is 0 Å². The number of rotatable bonds is 11. The number of nitrogens with one attached hydrogen (secondary N) is 2. The Balaban J connectivity index is 2.85. The summed E-state index contributed by atoms with van der Waals surface area (Å²) in [6, 6.07) is 0.473. The highest BCUT2D eigenvalue weighted by Gasteiger charge is 2.44. The number of carbonyl (C=O) groups excluding carboxylic acids is 3. The largest absolute Gasteiger partial charge is 0.351 e. The van der Waals surface area contributed by atoms with Crippen molar-refractivity contribution in [2.45, 2.75) is 119 Å². The highest BCUT2D eigenvalue weighted by Crippen LogP contribution is 2.38. The summed E-state index contributed by atoms with van der Waals surface area (Å²) in [5, 5.41) is 6.22. The van der Waals surface area contributed by atoms with E-state index in [0.717, 1.165) is 13.1 Å². The third-order valence-corrected chi connectivity index (χ3v) is 8.34. The first-order valence-corrected chi connectivity index (χ1v) is 14.3. The van der Waals surface area contributed by atoms with E-state index in [0.29, 0.717) is 32.0 Å². The molecule has 1 saturated heterocycles. The number of piperazine rings is 1. The molecule has 0 aromatic carbocycles. The molecule has 216 valence electrons. The van der Waals surface area contributed by atoms with Crippen molar-refractivity contribution in [3.05, 3.63) is 0 Å². The third kappa shape index (κ3) is 9.45. The van der Waals surface area contributed by atoms with Crippen LogP contribution in [-0.2, 0) is 14.4 Å². The van der Waals surface area contributed by atoms with E-state index in [1.807, 2.05) is 67.2 Å². The molecule has 1 aliphatic rings. The molecule has 37 heavy (non-hydrogen) atoms. The average Bonchev–Trinajstić information content (AvgIpc) is 2.70. The number of carbonyl (C=O) groups is 3. The van der Waals surface area contributed by atoms with Crippen LogP contribution in [0.15, 0.2) is 0 Å². The van der Waals surface area contributed by atoms with E-state index in [4.69, 9.17) is 12.6 Å². The molecule has 0 spiro atoms. The van der Waals surface area contributed by atoms with Crippen molar-refractivity contribution in [2.75, 3.05) is 26.2 Å². The van der Waals surface area contributed by atoms with Crippen molar-refractivity contribution in [1.82, 2.24) is 20.4 Å². The molecular formula is C29H56N4O3S. The van der Waals surface area contributed by atoms with E-state index in [1.54, 1.807) is 0 Å². The fourth-order valence-corrected chi connectivity index (χ4v) is 5.63. The van der Waals surface area contributed by atoms with Crippen LogP contribution in [0.25, 0.3) is 0 Å². The van der Waals surface area contributed by atoms with E-state index in [-0.39, 0.29) is 29.2 Å². The van der Waals surface area contributed by atoms with Gasteiger partial charge in [0.1, 0.15) is 0 Å². The monoisotopic (exact) mass is 540 g/mol. The van der Waals surface area contributed by atoms with Gasteiger partial charge < -0.3 is 15.5 Å². The molecule has 1 unspecified atom stereocenters. The zero-order valence-corrected chi connectivity index (χ0v) is 26.9. The topological polar surface area (TPSA) is 81.8 Å². The molecule has 1 fully saturated rings. The highest BCUT2D eigenvalue weighted by molar-refractivity contribution is 7.81. The Morgan fingerprint density at radius 3 is 1.57 bits per heavy atom. The molecule has 0 radical (unpaired) electrons. The summed E-state index contributed by atoms with van der Waals surface area (Å²) in [6.07, 6.45) is 0.763. The summed E-state index contributed by atoms with van der Waals surface area (Å²) < 4.78 is 0. The van der Waals surface area contributed by atoms with Crippen molar-refractivity contribution >= 4 is 30.4 Å². The van der Waals surface area contributed by atoms with E-state index in [1.165, 1.54) is 0 Å². The van der Waals surface area contributed by atoms with Gasteiger partial charge in [0.05, 0.1) is 4.87 Å². The molecule has 1 heterocycles. The highest BCUT2D eigenvalue weighted by atomic mass is 32.1. The van der Waals surface area contributed by atoms with Crippen LogP contribution in [-0.4, -0.2) is 70.2 Å². The van der Waals surface area contributed by atoms with Crippen LogP contribution >= 0.6 is 12.6 Å². The van der Waals surface area contributed by atoms with Gasteiger partial charge in [0, 0.05) is 54.0 Å². The van der Waals surface area contributed by atoms with E-state index in [2.05, 4.69) is 43.2 Å². The molecule has 3 amide bonds. The van der Waals surface area contributed by atoms with Gasteiger partial charge in [0.15, 0.2) is 0 Å². The van der Waals surface area contributed by atoms with Crippen LogP contribution in [0.2, 0.25) is 0 Å². The predicted octanol–water partition coefficient (Wildman–Crippen LogP) is 4.71. The Bertz CT molecular complexity index is 823. The molecule has 1 atom stereocenters. The second-order valence-corrected chi connectivity index (χ2v) is 15.5. The Morgan fingerprint density at radius 1 is 0.703 bits per heavy atom. The van der Waals surface area contributed by atoms with Crippen molar-refractivity contribution in [2.24, 2.45) is 22.2 Å². The van der Waals surface area contributed by atoms with Gasteiger partial charge in [-0.2, -0.15) is 12.6 Å². The third-order valence-electron chi connectivity index (χ3n) is 8.07. The predicted molar refractivity (Wildman–Crippen MR) is 156 cm³/mol. The summed E-state index contributed by atoms with van der Waals surface area (Å²) in [5.41, 5.74) is -2.57. The van der Waals surface area contributed by atoms with Crippen molar-refractivity contribution in [3.63, 3.8) is 0 Å². The van der Waals surface area contributed by atoms with Gasteiger partial charge in [0.2, 0.25) is 17.7 Å². The lowest BCUT2D eigenvalue weighted by Crippen LogP contribution is -2.56.